The minimum atomic E-state index is -0.574. The zero-order valence-corrected chi connectivity index (χ0v) is 26.6. The standard InChI is InChI=1S/C38H38O7/c1-10-11-20-42-34-22-33(29-14-18-31(19-15-29)44-37(40)24(4)5)35(45-38(41)25(6)7)21-32(34)27(9)26(8)28-12-16-30(17-13-28)43-36(39)23(2)3/h10-19,21-22H,2,4,6,20H2,1,3,5,7-9H3/b11-10+,27-26+. The first-order valence-electron chi connectivity index (χ1n) is 14.3. The molecule has 0 aliphatic rings. The van der Waals surface area contributed by atoms with E-state index in [1.807, 2.05) is 51.1 Å². The molecule has 0 heterocycles. The second-order valence-electron chi connectivity index (χ2n) is 10.5. The number of allylic oxidation sites excluding steroid dienone is 3. The molecule has 0 N–H and O–H groups in total. The van der Waals surface area contributed by atoms with Crippen LogP contribution >= 0.6 is 0 Å². The van der Waals surface area contributed by atoms with Crippen LogP contribution in [-0.2, 0) is 14.4 Å². The Labute approximate surface area is 264 Å². The van der Waals surface area contributed by atoms with Gasteiger partial charge in [-0.05, 0) is 100 Å². The Morgan fingerprint density at radius 3 is 1.62 bits per heavy atom. The number of hydrogen-bond donors (Lipinski definition) is 0. The lowest BCUT2D eigenvalue weighted by Crippen LogP contribution is -2.10. The van der Waals surface area contributed by atoms with Gasteiger partial charge in [-0.3, -0.25) is 0 Å². The van der Waals surface area contributed by atoms with Crippen LogP contribution in [0.2, 0.25) is 0 Å². The van der Waals surface area contributed by atoms with Gasteiger partial charge in [0.1, 0.15) is 29.6 Å². The van der Waals surface area contributed by atoms with Crippen LogP contribution in [-0.4, -0.2) is 24.5 Å². The highest BCUT2D eigenvalue weighted by Gasteiger charge is 2.20. The zero-order valence-electron chi connectivity index (χ0n) is 26.6. The van der Waals surface area contributed by atoms with E-state index in [1.54, 1.807) is 63.2 Å². The molecule has 0 saturated heterocycles. The number of ether oxygens (including phenoxy) is 4. The predicted molar refractivity (Wildman–Crippen MR) is 178 cm³/mol. The molecule has 0 radical (unpaired) electrons. The van der Waals surface area contributed by atoms with E-state index in [1.165, 1.54) is 0 Å². The zero-order chi connectivity index (χ0) is 33.3. The Kier molecular flexibility index (Phi) is 11.6. The van der Waals surface area contributed by atoms with Crippen molar-refractivity contribution in [1.29, 1.82) is 0 Å². The van der Waals surface area contributed by atoms with Gasteiger partial charge < -0.3 is 18.9 Å². The highest BCUT2D eigenvalue weighted by molar-refractivity contribution is 5.95. The molecule has 7 heteroatoms. The summed E-state index contributed by atoms with van der Waals surface area (Å²) in [6.07, 6.45) is 3.78. The molecule has 3 rings (SSSR count). The maximum absolute atomic E-state index is 12.7. The molecule has 0 spiro atoms. The van der Waals surface area contributed by atoms with Gasteiger partial charge in [-0.2, -0.15) is 0 Å². The van der Waals surface area contributed by atoms with E-state index < -0.39 is 17.9 Å². The highest BCUT2D eigenvalue weighted by atomic mass is 16.5. The number of rotatable bonds is 12. The van der Waals surface area contributed by atoms with Gasteiger partial charge in [-0.25, -0.2) is 14.4 Å². The quantitative estimate of drug-likeness (QED) is 0.0670. The van der Waals surface area contributed by atoms with Crippen molar-refractivity contribution >= 4 is 29.1 Å². The molecule has 3 aromatic rings. The molecule has 0 atom stereocenters. The molecule has 45 heavy (non-hydrogen) atoms. The van der Waals surface area contributed by atoms with Gasteiger partial charge >= 0.3 is 17.9 Å². The molecule has 0 aliphatic carbocycles. The average Bonchev–Trinajstić information content (AvgIpc) is 3.01. The van der Waals surface area contributed by atoms with Crippen molar-refractivity contribution in [2.24, 2.45) is 0 Å². The van der Waals surface area contributed by atoms with Gasteiger partial charge in [-0.15, -0.1) is 0 Å². The maximum Gasteiger partial charge on any atom is 0.338 e. The Balaban J connectivity index is 2.15. The second-order valence-corrected chi connectivity index (χ2v) is 10.5. The molecule has 232 valence electrons. The summed E-state index contributed by atoms with van der Waals surface area (Å²) in [6, 6.07) is 17.6. The van der Waals surface area contributed by atoms with Gasteiger partial charge in [-0.1, -0.05) is 56.2 Å². The van der Waals surface area contributed by atoms with Crippen LogP contribution < -0.4 is 18.9 Å². The first-order valence-corrected chi connectivity index (χ1v) is 14.3. The fourth-order valence-electron chi connectivity index (χ4n) is 3.99. The molecule has 0 aromatic heterocycles. The molecule has 3 aromatic carbocycles. The van der Waals surface area contributed by atoms with E-state index in [9.17, 15) is 14.4 Å². The van der Waals surface area contributed by atoms with Crippen molar-refractivity contribution in [2.45, 2.75) is 41.5 Å². The molecule has 0 bridgehead atoms. The lowest BCUT2D eigenvalue weighted by molar-refractivity contribution is -0.130. The van der Waals surface area contributed by atoms with E-state index >= 15 is 0 Å². The first kappa shape index (κ1) is 34.1. The maximum atomic E-state index is 12.7. The van der Waals surface area contributed by atoms with Crippen LogP contribution in [0.15, 0.2) is 109 Å². The lowest BCUT2D eigenvalue weighted by atomic mass is 9.93. The van der Waals surface area contributed by atoms with Crippen molar-refractivity contribution in [3.05, 3.63) is 120 Å². The van der Waals surface area contributed by atoms with E-state index in [0.717, 1.165) is 22.3 Å². The molecular formula is C38H38O7. The molecule has 0 saturated carbocycles. The minimum Gasteiger partial charge on any atom is -0.489 e. The van der Waals surface area contributed by atoms with Crippen LogP contribution in [0, 0.1) is 0 Å². The van der Waals surface area contributed by atoms with Crippen molar-refractivity contribution in [2.75, 3.05) is 6.61 Å². The first-order chi connectivity index (χ1) is 21.3. The molecule has 0 unspecified atom stereocenters. The van der Waals surface area contributed by atoms with Gasteiger partial charge in [0.25, 0.3) is 0 Å². The van der Waals surface area contributed by atoms with E-state index in [2.05, 4.69) is 19.7 Å². The van der Waals surface area contributed by atoms with Crippen LogP contribution in [0.1, 0.15) is 52.7 Å². The van der Waals surface area contributed by atoms with Gasteiger partial charge in [0.15, 0.2) is 0 Å². The van der Waals surface area contributed by atoms with Crippen LogP contribution in [0.3, 0.4) is 0 Å². The SMILES string of the molecule is C=C(C)C(=O)Oc1ccc(/C(C)=C(\C)c2cc(OC(=O)C(=C)C)c(-c3ccc(OC(=O)C(=C)C)cc3)cc2OC/C=C/C)cc1. The monoisotopic (exact) mass is 606 g/mol. The third-order valence-electron chi connectivity index (χ3n) is 6.74. The average molecular weight is 607 g/mol. The molecule has 0 fully saturated rings. The smallest absolute Gasteiger partial charge is 0.338 e. The fourth-order valence-corrected chi connectivity index (χ4v) is 3.99. The van der Waals surface area contributed by atoms with Crippen molar-refractivity contribution in [3.8, 4) is 34.1 Å². The summed E-state index contributed by atoms with van der Waals surface area (Å²) in [4.78, 5) is 36.6. The fraction of sp³-hybridized carbons (Fsp3) is 0.184. The summed E-state index contributed by atoms with van der Waals surface area (Å²) in [5.74, 6) is 0.0401. The summed E-state index contributed by atoms with van der Waals surface area (Å²) in [7, 11) is 0. The Morgan fingerprint density at radius 2 is 1.13 bits per heavy atom. The van der Waals surface area contributed by atoms with Crippen molar-refractivity contribution in [3.63, 3.8) is 0 Å². The molecule has 7 nitrogen and oxygen atoms in total. The molecule has 0 amide bonds. The Morgan fingerprint density at radius 1 is 0.644 bits per heavy atom. The number of carbonyl (C=O) groups excluding carboxylic acids is 3. The summed E-state index contributed by atoms with van der Waals surface area (Å²) in [5, 5.41) is 0. The Bertz CT molecular complexity index is 1700. The van der Waals surface area contributed by atoms with Gasteiger partial charge in [0, 0.05) is 27.8 Å². The summed E-state index contributed by atoms with van der Waals surface area (Å²) >= 11 is 0. The normalized spacial score (nSPS) is 11.3. The number of esters is 3. The molecular weight excluding hydrogens is 568 g/mol. The minimum absolute atomic E-state index is 0.244. The summed E-state index contributed by atoms with van der Waals surface area (Å²) < 4.78 is 22.7. The number of carbonyl (C=O) groups is 3. The third kappa shape index (κ3) is 9.03. The summed E-state index contributed by atoms with van der Waals surface area (Å²) in [6.45, 7) is 21.8. The second kappa shape index (κ2) is 15.3. The third-order valence-corrected chi connectivity index (χ3v) is 6.74. The predicted octanol–water partition coefficient (Wildman–Crippen LogP) is 8.70. The topological polar surface area (TPSA) is 88.1 Å². The Hall–Kier alpha value is -5.43. The van der Waals surface area contributed by atoms with E-state index in [-0.39, 0.29) is 11.1 Å². The van der Waals surface area contributed by atoms with Crippen LogP contribution in [0.25, 0.3) is 22.3 Å². The van der Waals surface area contributed by atoms with Crippen molar-refractivity contribution in [1.82, 2.24) is 0 Å². The highest BCUT2D eigenvalue weighted by Crippen LogP contribution is 2.42. The molecule has 0 aliphatic heterocycles. The largest absolute Gasteiger partial charge is 0.489 e. The number of benzene rings is 3. The lowest BCUT2D eigenvalue weighted by Gasteiger charge is -2.19. The van der Waals surface area contributed by atoms with Crippen LogP contribution in [0.4, 0.5) is 0 Å². The van der Waals surface area contributed by atoms with Gasteiger partial charge in [0.2, 0.25) is 0 Å². The van der Waals surface area contributed by atoms with Crippen LogP contribution in [0.5, 0.6) is 23.0 Å². The van der Waals surface area contributed by atoms with E-state index in [4.69, 9.17) is 18.9 Å². The van der Waals surface area contributed by atoms with Gasteiger partial charge in [0.05, 0.1) is 0 Å². The van der Waals surface area contributed by atoms with E-state index in [0.29, 0.717) is 46.3 Å². The summed E-state index contributed by atoms with van der Waals surface area (Å²) in [5.41, 5.74) is 5.55. The number of hydrogen-bond acceptors (Lipinski definition) is 7. The van der Waals surface area contributed by atoms with Crippen molar-refractivity contribution < 1.29 is 33.3 Å².